The molecule has 0 radical (unpaired) electrons. The second kappa shape index (κ2) is 11.7. The molecule has 0 aliphatic carbocycles. The van der Waals surface area contributed by atoms with Gasteiger partial charge < -0.3 is 20.3 Å². The van der Waals surface area contributed by atoms with Crippen LogP contribution < -0.4 is 10.2 Å². The van der Waals surface area contributed by atoms with E-state index in [1.807, 2.05) is 41.3 Å². The molecule has 3 N–H and O–H groups in total. The topological polar surface area (TPSA) is 119 Å². The number of nitrogens with one attached hydrogen (secondary N) is 2. The number of aromatic amines is 1. The summed E-state index contributed by atoms with van der Waals surface area (Å²) in [4.78, 5) is 48.6. The monoisotopic (exact) mass is 581 g/mol. The first-order chi connectivity index (χ1) is 19.2. The van der Waals surface area contributed by atoms with Crippen LogP contribution in [-0.4, -0.2) is 51.5 Å². The molecule has 1 unspecified atom stereocenters. The maximum Gasteiger partial charge on any atom is 0.411 e. The number of fused-ring (bicyclic) bond motifs is 4. The molecule has 40 heavy (non-hydrogen) atoms. The van der Waals surface area contributed by atoms with E-state index in [4.69, 9.17) is 28.2 Å². The summed E-state index contributed by atoms with van der Waals surface area (Å²) in [7, 11) is 1.42. The number of carbonyl (C=O) groups excluding carboxylic acids is 2. The average Bonchev–Trinajstić information content (AvgIpc) is 3.31. The van der Waals surface area contributed by atoms with Gasteiger partial charge in [-0.05, 0) is 61.1 Å². The van der Waals surface area contributed by atoms with E-state index in [-0.39, 0.29) is 35.3 Å². The molecule has 2 bridgehead atoms. The van der Waals surface area contributed by atoms with Crippen molar-refractivity contribution in [2.45, 2.75) is 44.1 Å². The Bertz CT molecular complexity index is 1490. The number of H-pyrrole nitrogens is 1. The lowest BCUT2D eigenvalue weighted by Gasteiger charge is -2.36. The molecule has 0 saturated carbocycles. The first kappa shape index (κ1) is 27.7. The van der Waals surface area contributed by atoms with Crippen molar-refractivity contribution in [2.24, 2.45) is 0 Å². The molecule has 2 aliphatic rings. The summed E-state index contributed by atoms with van der Waals surface area (Å²) in [5.74, 6) is 0.432. The third kappa shape index (κ3) is 5.85. The van der Waals surface area contributed by atoms with Crippen molar-refractivity contribution in [1.29, 1.82) is 0 Å². The number of nitrogens with zero attached hydrogens (tertiary/aromatic N) is 3. The highest BCUT2D eigenvalue weighted by atomic mass is 35.5. The van der Waals surface area contributed by atoms with E-state index in [1.54, 1.807) is 18.2 Å². The first-order valence-corrected chi connectivity index (χ1v) is 13.8. The molecule has 2 atom stereocenters. The van der Waals surface area contributed by atoms with Crippen molar-refractivity contribution < 1.29 is 19.5 Å². The number of carbonyl (C=O) groups is 3. The van der Waals surface area contributed by atoms with E-state index in [2.05, 4.69) is 10.3 Å². The molecule has 9 nitrogen and oxygen atoms in total. The van der Waals surface area contributed by atoms with Gasteiger partial charge in [-0.15, -0.1) is 0 Å². The first-order valence-electron chi connectivity index (χ1n) is 13.1. The second-order valence-corrected chi connectivity index (χ2v) is 10.8. The summed E-state index contributed by atoms with van der Waals surface area (Å²) in [5, 5.41) is 13.2. The van der Waals surface area contributed by atoms with Crippen LogP contribution in [0.1, 0.15) is 55.5 Å². The third-order valence-corrected chi connectivity index (χ3v) is 7.93. The molecule has 11 heteroatoms. The third-order valence-electron chi connectivity index (χ3n) is 7.42. The van der Waals surface area contributed by atoms with Crippen molar-refractivity contribution in [3.05, 3.63) is 76.2 Å². The minimum atomic E-state index is -1.13. The minimum Gasteiger partial charge on any atom is -0.465 e. The number of imidazole rings is 1. The molecule has 208 valence electrons. The number of rotatable bonds is 3. The SMILES string of the molecule is CN(C(=O)O)c1ccc2c(c1)NC(=O)CC/C=C/C[C@H](N1CCC(c3cccc(Cl)c3)CC1=O)c1nc-2c(Cl)[nH]1. The van der Waals surface area contributed by atoms with Crippen molar-refractivity contribution in [3.8, 4) is 11.3 Å². The summed E-state index contributed by atoms with van der Waals surface area (Å²) < 4.78 is 0. The molecule has 1 fully saturated rings. The largest absolute Gasteiger partial charge is 0.465 e. The number of amides is 3. The molecule has 1 saturated heterocycles. The number of hydrogen-bond donors (Lipinski definition) is 3. The van der Waals surface area contributed by atoms with Crippen LogP contribution in [-0.2, 0) is 9.59 Å². The summed E-state index contributed by atoms with van der Waals surface area (Å²) in [5.41, 5.74) is 2.79. The van der Waals surface area contributed by atoms with E-state index in [9.17, 15) is 19.5 Å². The summed E-state index contributed by atoms with van der Waals surface area (Å²) in [6.07, 6.45) is 5.17. The molecule has 2 aromatic carbocycles. The zero-order chi connectivity index (χ0) is 28.4. The number of benzene rings is 2. The number of hydrogen-bond acceptors (Lipinski definition) is 4. The zero-order valence-electron chi connectivity index (χ0n) is 21.9. The number of aromatic nitrogens is 2. The minimum absolute atomic E-state index is 0.0200. The number of likely N-dealkylation sites (tertiary alicyclic amines) is 1. The fraction of sp³-hybridized carbons (Fsp3) is 0.310. The van der Waals surface area contributed by atoms with Gasteiger partial charge in [-0.2, -0.15) is 0 Å². The van der Waals surface area contributed by atoms with Crippen molar-refractivity contribution in [2.75, 3.05) is 23.8 Å². The van der Waals surface area contributed by atoms with Gasteiger partial charge >= 0.3 is 6.09 Å². The molecule has 0 spiro atoms. The molecular formula is C29H29Cl2N5O4. The Hall–Kier alpha value is -3.82. The Morgan fingerprint density at radius 1 is 1.15 bits per heavy atom. The Balaban J connectivity index is 1.49. The van der Waals surface area contributed by atoms with Gasteiger partial charge in [0.15, 0.2) is 0 Å². The van der Waals surface area contributed by atoms with Crippen LogP contribution in [0.4, 0.5) is 16.2 Å². The Labute approximate surface area is 241 Å². The van der Waals surface area contributed by atoms with Gasteiger partial charge in [0, 0.05) is 42.7 Å². The highest BCUT2D eigenvalue weighted by molar-refractivity contribution is 6.32. The van der Waals surface area contributed by atoms with Gasteiger partial charge in [-0.3, -0.25) is 14.5 Å². The highest BCUT2D eigenvalue weighted by Crippen LogP contribution is 2.39. The van der Waals surface area contributed by atoms with Crippen molar-refractivity contribution in [3.63, 3.8) is 0 Å². The van der Waals surface area contributed by atoms with Crippen LogP contribution in [0.25, 0.3) is 11.3 Å². The van der Waals surface area contributed by atoms with E-state index in [0.29, 0.717) is 59.3 Å². The van der Waals surface area contributed by atoms with Crippen LogP contribution >= 0.6 is 23.2 Å². The van der Waals surface area contributed by atoms with E-state index < -0.39 is 6.09 Å². The lowest BCUT2D eigenvalue weighted by molar-refractivity contribution is -0.136. The Morgan fingerprint density at radius 2 is 1.98 bits per heavy atom. The van der Waals surface area contributed by atoms with E-state index in [1.165, 1.54) is 7.05 Å². The smallest absolute Gasteiger partial charge is 0.411 e. The lowest BCUT2D eigenvalue weighted by Crippen LogP contribution is -2.41. The quantitative estimate of drug-likeness (QED) is 0.300. The van der Waals surface area contributed by atoms with Crippen molar-refractivity contribution in [1.82, 2.24) is 14.9 Å². The van der Waals surface area contributed by atoms with Crippen LogP contribution in [0, 0.1) is 0 Å². The van der Waals surface area contributed by atoms with Gasteiger partial charge in [0.1, 0.15) is 16.7 Å². The summed E-state index contributed by atoms with van der Waals surface area (Å²) in [6.45, 7) is 0.545. The fourth-order valence-corrected chi connectivity index (χ4v) is 5.69. The number of piperidine rings is 1. The van der Waals surface area contributed by atoms with Crippen LogP contribution in [0.2, 0.25) is 10.2 Å². The van der Waals surface area contributed by atoms with Crippen LogP contribution in [0.3, 0.4) is 0 Å². The molecular weight excluding hydrogens is 553 g/mol. The van der Waals surface area contributed by atoms with Gasteiger partial charge in [0.05, 0.1) is 11.7 Å². The van der Waals surface area contributed by atoms with Crippen LogP contribution in [0.5, 0.6) is 0 Å². The van der Waals surface area contributed by atoms with Gasteiger partial charge in [0.2, 0.25) is 11.8 Å². The van der Waals surface area contributed by atoms with E-state index in [0.717, 1.165) is 16.9 Å². The maximum absolute atomic E-state index is 13.5. The zero-order valence-corrected chi connectivity index (χ0v) is 23.4. The fourth-order valence-electron chi connectivity index (χ4n) is 5.25. The number of anilines is 2. The van der Waals surface area contributed by atoms with Gasteiger partial charge in [-0.1, -0.05) is 47.5 Å². The second-order valence-electron chi connectivity index (χ2n) is 10.00. The van der Waals surface area contributed by atoms with Crippen LogP contribution in [0.15, 0.2) is 54.6 Å². The maximum atomic E-state index is 13.5. The Kier molecular flexibility index (Phi) is 8.14. The predicted octanol–water partition coefficient (Wildman–Crippen LogP) is 6.62. The molecule has 3 amide bonds. The molecule has 5 rings (SSSR count). The predicted molar refractivity (Wildman–Crippen MR) is 155 cm³/mol. The summed E-state index contributed by atoms with van der Waals surface area (Å²) in [6, 6.07) is 12.2. The number of halogens is 2. The molecule has 1 aromatic heterocycles. The number of carboxylic acid groups (broad SMARTS) is 1. The normalized spacial score (nSPS) is 20.4. The van der Waals surface area contributed by atoms with E-state index >= 15 is 0 Å². The standard InChI is InChI=1S/C29H29Cl2N5O4/c1-35(29(39)40)20-10-11-21-22(16-20)32-24(37)9-4-2-3-8-23(28-33-26(21)27(31)34-28)36-13-12-18(15-25(36)38)17-6-5-7-19(30)14-17/h2-3,5-7,10-11,14,16,18,23H,4,8-9,12-13,15H2,1H3,(H,32,37)(H,33,34)(H,39,40)/b3-2+/t18?,23-/m0/s1. The Morgan fingerprint density at radius 3 is 2.73 bits per heavy atom. The summed E-state index contributed by atoms with van der Waals surface area (Å²) >= 11 is 12.8. The lowest BCUT2D eigenvalue weighted by atomic mass is 9.88. The highest BCUT2D eigenvalue weighted by Gasteiger charge is 2.34. The molecule has 3 heterocycles. The van der Waals surface area contributed by atoms with Gasteiger partial charge in [0.25, 0.3) is 0 Å². The molecule has 3 aromatic rings. The van der Waals surface area contributed by atoms with Gasteiger partial charge in [-0.25, -0.2) is 9.78 Å². The number of allylic oxidation sites excluding steroid dienone is 1. The molecule has 2 aliphatic heterocycles. The van der Waals surface area contributed by atoms with Crippen molar-refractivity contribution >= 4 is 52.5 Å². The average molecular weight is 582 g/mol.